The summed E-state index contributed by atoms with van der Waals surface area (Å²) >= 11 is 0. The molecule has 2 aromatic heterocycles. The number of nitrogens with zero attached hydrogens (tertiary/aromatic N) is 2. The van der Waals surface area contributed by atoms with Crippen LogP contribution in [0.4, 0.5) is 4.79 Å². The van der Waals surface area contributed by atoms with Gasteiger partial charge < -0.3 is 15.4 Å². The number of rotatable bonds is 5. The van der Waals surface area contributed by atoms with Gasteiger partial charge in [0, 0.05) is 30.4 Å². The van der Waals surface area contributed by atoms with Crippen LogP contribution in [-0.4, -0.2) is 52.3 Å². The quantitative estimate of drug-likeness (QED) is 0.514. The summed E-state index contributed by atoms with van der Waals surface area (Å²) in [6, 6.07) is 12.3. The second kappa shape index (κ2) is 8.32. The Morgan fingerprint density at radius 3 is 2.79 bits per heavy atom. The molecule has 0 saturated carbocycles. The van der Waals surface area contributed by atoms with Crippen LogP contribution in [0.3, 0.4) is 0 Å². The first-order valence-corrected chi connectivity index (χ1v) is 11.1. The Balaban J connectivity index is 1.32. The lowest BCUT2D eigenvalue weighted by Crippen LogP contribution is -2.67. The number of benzene rings is 1. The van der Waals surface area contributed by atoms with Gasteiger partial charge in [-0.1, -0.05) is 25.1 Å². The fraction of sp³-hybridized carbons (Fsp3) is 0.333. The van der Waals surface area contributed by atoms with Gasteiger partial charge in [-0.3, -0.25) is 14.9 Å². The Morgan fingerprint density at radius 2 is 2.06 bits per heavy atom. The molecule has 2 aliphatic heterocycles. The largest absolute Gasteiger partial charge is 0.378 e. The van der Waals surface area contributed by atoms with Crippen molar-refractivity contribution in [3.63, 3.8) is 0 Å². The number of carbonyl (C=O) groups excluding carboxylic acids is 3. The molecule has 2 saturated heterocycles. The molecule has 0 bridgehead atoms. The van der Waals surface area contributed by atoms with Crippen molar-refractivity contribution in [3.05, 3.63) is 71.0 Å². The van der Waals surface area contributed by atoms with E-state index >= 15 is 0 Å². The molecule has 4 amide bonds. The third kappa shape index (κ3) is 3.74. The van der Waals surface area contributed by atoms with E-state index < -0.39 is 23.5 Å². The molecule has 5 rings (SSSR count). The summed E-state index contributed by atoms with van der Waals surface area (Å²) in [6.07, 6.45) is 3.93. The number of aryl methyl sites for hydroxylation is 1. The molecule has 1 aromatic carbocycles. The average molecular weight is 447 g/mol. The molecule has 9 heteroatoms. The van der Waals surface area contributed by atoms with Gasteiger partial charge in [0.15, 0.2) is 5.54 Å². The minimum absolute atomic E-state index is 0.0217. The van der Waals surface area contributed by atoms with Gasteiger partial charge in [-0.15, -0.1) is 0 Å². The number of pyridine rings is 1. The molecule has 2 aliphatic rings. The Morgan fingerprint density at radius 1 is 1.24 bits per heavy atom. The van der Waals surface area contributed by atoms with E-state index in [9.17, 15) is 14.4 Å². The molecule has 33 heavy (non-hydrogen) atoms. The van der Waals surface area contributed by atoms with Gasteiger partial charge in [0.05, 0.1) is 23.9 Å². The fourth-order valence-corrected chi connectivity index (χ4v) is 4.62. The van der Waals surface area contributed by atoms with Crippen LogP contribution < -0.4 is 16.0 Å². The molecule has 2 fully saturated rings. The molecule has 0 aliphatic carbocycles. The summed E-state index contributed by atoms with van der Waals surface area (Å²) in [5.74, 6) is -0.778. The standard InChI is InChI=1S/C24H25N5O4/c1-2-18-17(19-5-3-4-11-29(19)28-18)13-15-6-8-16(9-7-15)21(30)25-20-10-12-33-14-24(20)22(31)26-23(32)27-24/h3-9,11,20H,2,10,12-14H2,1H3,(H,25,30)(H2,26,27,31,32). The third-order valence-corrected chi connectivity index (χ3v) is 6.41. The summed E-state index contributed by atoms with van der Waals surface area (Å²) in [6.45, 7) is 2.51. The predicted molar refractivity (Wildman–Crippen MR) is 120 cm³/mol. The first-order chi connectivity index (χ1) is 16.0. The van der Waals surface area contributed by atoms with Crippen molar-refractivity contribution in [3.8, 4) is 0 Å². The van der Waals surface area contributed by atoms with Gasteiger partial charge >= 0.3 is 6.03 Å². The molecule has 3 N–H and O–H groups in total. The Kier molecular flexibility index (Phi) is 5.33. The van der Waals surface area contributed by atoms with Gasteiger partial charge in [0.1, 0.15) is 0 Å². The SMILES string of the molecule is CCc1nn2ccccc2c1Cc1ccc(C(=O)NC2CCOCC23NC(=O)NC3=O)cc1. The number of carbonyl (C=O) groups is 3. The summed E-state index contributed by atoms with van der Waals surface area (Å²) < 4.78 is 7.33. The van der Waals surface area contributed by atoms with Crippen LogP contribution in [0.5, 0.6) is 0 Å². The third-order valence-electron chi connectivity index (χ3n) is 6.41. The fourth-order valence-electron chi connectivity index (χ4n) is 4.62. The molecule has 9 nitrogen and oxygen atoms in total. The Labute approximate surface area is 190 Å². The molecular weight excluding hydrogens is 422 g/mol. The number of amides is 4. The van der Waals surface area contributed by atoms with Gasteiger partial charge in [0.25, 0.3) is 11.8 Å². The van der Waals surface area contributed by atoms with Crippen LogP contribution in [0.25, 0.3) is 5.52 Å². The van der Waals surface area contributed by atoms with Gasteiger partial charge in [-0.2, -0.15) is 5.10 Å². The molecule has 2 atom stereocenters. The normalized spacial score (nSPS) is 22.4. The maximum atomic E-state index is 12.9. The number of nitrogens with one attached hydrogen (secondary N) is 3. The molecule has 0 radical (unpaired) electrons. The highest BCUT2D eigenvalue weighted by atomic mass is 16.5. The van der Waals surface area contributed by atoms with E-state index in [0.29, 0.717) is 25.0 Å². The van der Waals surface area contributed by atoms with Crippen molar-refractivity contribution in [1.29, 1.82) is 0 Å². The molecule has 2 unspecified atom stereocenters. The van der Waals surface area contributed by atoms with E-state index in [1.807, 2.05) is 35.0 Å². The molecule has 3 aromatic rings. The average Bonchev–Trinajstić information content (AvgIpc) is 3.32. The zero-order valence-corrected chi connectivity index (χ0v) is 18.3. The van der Waals surface area contributed by atoms with E-state index in [4.69, 9.17) is 4.74 Å². The number of urea groups is 1. The van der Waals surface area contributed by atoms with Crippen LogP contribution in [0.15, 0.2) is 48.7 Å². The second-order valence-electron chi connectivity index (χ2n) is 8.43. The van der Waals surface area contributed by atoms with Crippen molar-refractivity contribution >= 4 is 23.4 Å². The zero-order valence-electron chi connectivity index (χ0n) is 18.3. The van der Waals surface area contributed by atoms with Crippen LogP contribution in [-0.2, 0) is 22.4 Å². The first-order valence-electron chi connectivity index (χ1n) is 11.1. The lowest BCUT2D eigenvalue weighted by atomic mass is 9.86. The Bertz CT molecular complexity index is 1240. The number of fused-ring (bicyclic) bond motifs is 1. The maximum Gasteiger partial charge on any atom is 0.322 e. The molecular formula is C24H25N5O4. The molecule has 1 spiro atoms. The van der Waals surface area contributed by atoms with Crippen LogP contribution in [0.1, 0.15) is 40.5 Å². The van der Waals surface area contributed by atoms with Crippen molar-refractivity contribution in [2.75, 3.05) is 13.2 Å². The zero-order chi connectivity index (χ0) is 23.0. The summed E-state index contributed by atoms with van der Waals surface area (Å²) in [7, 11) is 0. The van der Waals surface area contributed by atoms with Crippen LogP contribution in [0.2, 0.25) is 0 Å². The highest BCUT2D eigenvalue weighted by Gasteiger charge is 2.54. The first kappa shape index (κ1) is 21.1. The van der Waals surface area contributed by atoms with Crippen LogP contribution >= 0.6 is 0 Å². The smallest absolute Gasteiger partial charge is 0.322 e. The Hall–Kier alpha value is -3.72. The van der Waals surface area contributed by atoms with Crippen molar-refractivity contribution in [2.45, 2.75) is 37.8 Å². The van der Waals surface area contributed by atoms with E-state index in [1.54, 1.807) is 12.1 Å². The lowest BCUT2D eigenvalue weighted by molar-refractivity contribution is -0.130. The van der Waals surface area contributed by atoms with Gasteiger partial charge in [-0.25, -0.2) is 9.31 Å². The van der Waals surface area contributed by atoms with Crippen LogP contribution in [0, 0.1) is 0 Å². The van der Waals surface area contributed by atoms with Gasteiger partial charge in [-0.05, 0) is 42.7 Å². The number of hydrogen-bond acceptors (Lipinski definition) is 5. The monoisotopic (exact) mass is 447 g/mol. The van der Waals surface area contributed by atoms with E-state index in [0.717, 1.165) is 23.2 Å². The highest BCUT2D eigenvalue weighted by molar-refractivity contribution is 6.08. The summed E-state index contributed by atoms with van der Waals surface area (Å²) in [4.78, 5) is 37.0. The predicted octanol–water partition coefficient (Wildman–Crippen LogP) is 1.58. The summed E-state index contributed by atoms with van der Waals surface area (Å²) in [5, 5.41) is 12.5. The topological polar surface area (TPSA) is 114 Å². The van der Waals surface area contributed by atoms with E-state index in [1.165, 1.54) is 5.56 Å². The van der Waals surface area contributed by atoms with Crippen molar-refractivity contribution in [2.24, 2.45) is 0 Å². The van der Waals surface area contributed by atoms with E-state index in [-0.39, 0.29) is 12.5 Å². The summed E-state index contributed by atoms with van der Waals surface area (Å²) in [5.41, 5.74) is 3.61. The number of ether oxygens (including phenoxy) is 1. The maximum absolute atomic E-state index is 12.9. The number of hydrogen-bond donors (Lipinski definition) is 3. The van der Waals surface area contributed by atoms with Gasteiger partial charge in [0.2, 0.25) is 0 Å². The van der Waals surface area contributed by atoms with Crippen molar-refractivity contribution in [1.82, 2.24) is 25.6 Å². The minimum atomic E-state index is -1.27. The van der Waals surface area contributed by atoms with E-state index in [2.05, 4.69) is 34.0 Å². The highest BCUT2D eigenvalue weighted by Crippen LogP contribution is 2.24. The second-order valence-corrected chi connectivity index (χ2v) is 8.43. The molecule has 4 heterocycles. The van der Waals surface area contributed by atoms with Crippen molar-refractivity contribution < 1.29 is 19.1 Å². The number of imide groups is 1. The molecule has 170 valence electrons. The minimum Gasteiger partial charge on any atom is -0.378 e. The number of aromatic nitrogens is 2. The lowest BCUT2D eigenvalue weighted by Gasteiger charge is -2.38.